The van der Waals surface area contributed by atoms with Gasteiger partial charge in [-0.15, -0.1) is 11.3 Å². The number of esters is 1. The Bertz CT molecular complexity index is 954. The number of para-hydroxylation sites is 1. The van der Waals surface area contributed by atoms with Gasteiger partial charge in [-0.3, -0.25) is 4.79 Å². The van der Waals surface area contributed by atoms with Crippen LogP contribution in [0.1, 0.15) is 20.0 Å². The van der Waals surface area contributed by atoms with Crippen LogP contribution in [0, 0.1) is 5.82 Å². The number of methoxy groups -OCH3 is 1. The molecule has 0 bridgehead atoms. The van der Waals surface area contributed by atoms with Gasteiger partial charge in [0.2, 0.25) is 0 Å². The molecule has 1 amide bonds. The fourth-order valence-corrected chi connectivity index (χ4v) is 3.68. The second-order valence-corrected chi connectivity index (χ2v) is 6.31. The highest BCUT2D eigenvalue weighted by Gasteiger charge is 2.20. The third-order valence-corrected chi connectivity index (χ3v) is 5.03. The Morgan fingerprint density at radius 2 is 1.96 bits per heavy atom. The van der Waals surface area contributed by atoms with Gasteiger partial charge in [0.05, 0.1) is 23.4 Å². The van der Waals surface area contributed by atoms with E-state index in [1.165, 1.54) is 25.3 Å². The van der Waals surface area contributed by atoms with Crippen LogP contribution in [0.5, 0.6) is 0 Å². The Morgan fingerprint density at radius 3 is 2.71 bits per heavy atom. The molecule has 0 atom stereocenters. The minimum atomic E-state index is -0.560. The van der Waals surface area contributed by atoms with Gasteiger partial charge in [-0.1, -0.05) is 23.7 Å². The van der Waals surface area contributed by atoms with Crippen molar-refractivity contribution in [1.29, 1.82) is 0 Å². The van der Waals surface area contributed by atoms with Gasteiger partial charge < -0.3 is 10.1 Å². The minimum Gasteiger partial charge on any atom is -0.465 e. The Hall–Kier alpha value is -2.44. The fraction of sp³-hybridized carbons (Fsp3) is 0.0588. The van der Waals surface area contributed by atoms with Crippen molar-refractivity contribution >= 4 is 50.6 Å². The zero-order chi connectivity index (χ0) is 17.3. The fourth-order valence-electron chi connectivity index (χ4n) is 2.24. The van der Waals surface area contributed by atoms with Gasteiger partial charge in [-0.25, -0.2) is 9.18 Å². The van der Waals surface area contributed by atoms with E-state index in [0.29, 0.717) is 15.8 Å². The first-order chi connectivity index (χ1) is 11.5. The second kappa shape index (κ2) is 6.59. The van der Waals surface area contributed by atoms with Crippen molar-refractivity contribution in [1.82, 2.24) is 0 Å². The Labute approximate surface area is 145 Å². The standard InChI is InChI=1S/C17H11ClFNO3S/c1-23-17(22)10-4-2-3-5-12(10)20-16(21)15-14(18)11-7-6-9(19)8-13(11)24-15/h2-8H,1H3,(H,20,21). The first-order valence-corrected chi connectivity index (χ1v) is 8.07. The number of thiophene rings is 1. The predicted molar refractivity (Wildman–Crippen MR) is 92.5 cm³/mol. The van der Waals surface area contributed by atoms with Crippen molar-refractivity contribution in [3.8, 4) is 0 Å². The summed E-state index contributed by atoms with van der Waals surface area (Å²) in [5.74, 6) is -1.43. The molecule has 0 unspecified atom stereocenters. The Balaban J connectivity index is 1.97. The Morgan fingerprint density at radius 1 is 1.21 bits per heavy atom. The van der Waals surface area contributed by atoms with Gasteiger partial charge in [-0.05, 0) is 30.3 Å². The van der Waals surface area contributed by atoms with Crippen LogP contribution in [0.2, 0.25) is 5.02 Å². The van der Waals surface area contributed by atoms with E-state index in [-0.39, 0.29) is 15.5 Å². The van der Waals surface area contributed by atoms with E-state index in [1.54, 1.807) is 24.3 Å². The van der Waals surface area contributed by atoms with E-state index in [4.69, 9.17) is 16.3 Å². The minimum absolute atomic E-state index is 0.233. The SMILES string of the molecule is COC(=O)c1ccccc1NC(=O)c1sc2cc(F)ccc2c1Cl. The van der Waals surface area contributed by atoms with E-state index in [1.807, 2.05) is 0 Å². The molecule has 0 spiro atoms. The summed E-state index contributed by atoms with van der Waals surface area (Å²) in [6.45, 7) is 0. The topological polar surface area (TPSA) is 55.4 Å². The van der Waals surface area contributed by atoms with Gasteiger partial charge in [0.15, 0.2) is 0 Å². The van der Waals surface area contributed by atoms with Crippen LogP contribution in [0.3, 0.4) is 0 Å². The molecular formula is C17H11ClFNO3S. The van der Waals surface area contributed by atoms with Gasteiger partial charge in [-0.2, -0.15) is 0 Å². The Kier molecular flexibility index (Phi) is 4.51. The summed E-state index contributed by atoms with van der Waals surface area (Å²) in [6.07, 6.45) is 0. The van der Waals surface area contributed by atoms with E-state index in [2.05, 4.69) is 5.32 Å². The first kappa shape index (κ1) is 16.4. The quantitative estimate of drug-likeness (QED) is 0.684. The summed E-state index contributed by atoms with van der Waals surface area (Å²) in [7, 11) is 1.26. The molecule has 0 fully saturated rings. The molecule has 0 radical (unpaired) electrons. The molecule has 24 heavy (non-hydrogen) atoms. The van der Waals surface area contributed by atoms with Crippen molar-refractivity contribution in [3.63, 3.8) is 0 Å². The summed E-state index contributed by atoms with van der Waals surface area (Å²) < 4.78 is 18.6. The van der Waals surface area contributed by atoms with Crippen molar-refractivity contribution < 1.29 is 18.7 Å². The molecule has 0 aliphatic carbocycles. The number of benzene rings is 2. The number of nitrogens with one attached hydrogen (secondary N) is 1. The first-order valence-electron chi connectivity index (χ1n) is 6.87. The van der Waals surface area contributed by atoms with Crippen LogP contribution < -0.4 is 5.32 Å². The summed E-state index contributed by atoms with van der Waals surface area (Å²) >= 11 is 7.32. The molecular weight excluding hydrogens is 353 g/mol. The summed E-state index contributed by atoms with van der Waals surface area (Å²) in [5.41, 5.74) is 0.547. The van der Waals surface area contributed by atoms with Crippen molar-refractivity contribution in [2.75, 3.05) is 12.4 Å². The number of hydrogen-bond acceptors (Lipinski definition) is 4. The number of ether oxygens (including phenoxy) is 1. The number of halogens is 2. The maximum absolute atomic E-state index is 13.3. The van der Waals surface area contributed by atoms with Crippen LogP contribution in [0.25, 0.3) is 10.1 Å². The number of carbonyl (C=O) groups excluding carboxylic acids is 2. The lowest BCUT2D eigenvalue weighted by molar-refractivity contribution is 0.0602. The van der Waals surface area contributed by atoms with Gasteiger partial charge >= 0.3 is 5.97 Å². The predicted octanol–water partition coefficient (Wildman–Crippen LogP) is 4.73. The lowest BCUT2D eigenvalue weighted by atomic mass is 10.1. The lowest BCUT2D eigenvalue weighted by Crippen LogP contribution is -2.14. The highest BCUT2D eigenvalue weighted by molar-refractivity contribution is 7.21. The number of amides is 1. The van der Waals surface area contributed by atoms with Crippen LogP contribution in [-0.4, -0.2) is 19.0 Å². The number of hydrogen-bond donors (Lipinski definition) is 1. The zero-order valence-electron chi connectivity index (χ0n) is 12.4. The third-order valence-electron chi connectivity index (χ3n) is 3.38. The van der Waals surface area contributed by atoms with E-state index >= 15 is 0 Å². The second-order valence-electron chi connectivity index (χ2n) is 4.88. The molecule has 0 aliphatic rings. The normalized spacial score (nSPS) is 10.6. The maximum Gasteiger partial charge on any atom is 0.339 e. The van der Waals surface area contributed by atoms with Gasteiger partial charge in [0.25, 0.3) is 5.91 Å². The van der Waals surface area contributed by atoms with Crippen molar-refractivity contribution in [2.24, 2.45) is 0 Å². The van der Waals surface area contributed by atoms with Gasteiger partial charge in [0, 0.05) is 10.1 Å². The van der Waals surface area contributed by atoms with Crippen LogP contribution in [-0.2, 0) is 4.74 Å². The maximum atomic E-state index is 13.3. The highest BCUT2D eigenvalue weighted by atomic mass is 35.5. The van der Waals surface area contributed by atoms with E-state index in [9.17, 15) is 14.0 Å². The number of carbonyl (C=O) groups is 2. The molecule has 1 heterocycles. The molecule has 1 N–H and O–H groups in total. The van der Waals surface area contributed by atoms with Crippen molar-refractivity contribution in [2.45, 2.75) is 0 Å². The molecule has 7 heteroatoms. The average Bonchev–Trinajstić information content (AvgIpc) is 2.90. The van der Waals surface area contributed by atoms with E-state index < -0.39 is 17.7 Å². The molecule has 0 saturated carbocycles. The largest absolute Gasteiger partial charge is 0.465 e. The third kappa shape index (κ3) is 2.98. The smallest absolute Gasteiger partial charge is 0.339 e. The molecule has 4 nitrogen and oxygen atoms in total. The molecule has 0 saturated heterocycles. The molecule has 3 rings (SSSR count). The van der Waals surface area contributed by atoms with Crippen LogP contribution in [0.15, 0.2) is 42.5 Å². The molecule has 2 aromatic carbocycles. The summed E-state index contributed by atoms with van der Waals surface area (Å²) in [5, 5.41) is 3.51. The lowest BCUT2D eigenvalue weighted by Gasteiger charge is -2.08. The molecule has 0 aliphatic heterocycles. The summed E-state index contributed by atoms with van der Waals surface area (Å²) in [6, 6.07) is 10.6. The zero-order valence-corrected chi connectivity index (χ0v) is 14.0. The number of anilines is 1. The number of fused-ring (bicyclic) bond motifs is 1. The van der Waals surface area contributed by atoms with E-state index in [0.717, 1.165) is 11.3 Å². The highest BCUT2D eigenvalue weighted by Crippen LogP contribution is 2.36. The van der Waals surface area contributed by atoms with Crippen LogP contribution in [0.4, 0.5) is 10.1 Å². The van der Waals surface area contributed by atoms with Crippen LogP contribution >= 0.6 is 22.9 Å². The molecule has 3 aromatic rings. The number of rotatable bonds is 3. The van der Waals surface area contributed by atoms with Crippen molar-refractivity contribution in [3.05, 3.63) is 63.7 Å². The monoisotopic (exact) mass is 363 g/mol. The summed E-state index contributed by atoms with van der Waals surface area (Å²) in [4.78, 5) is 24.5. The van der Waals surface area contributed by atoms with Gasteiger partial charge in [0.1, 0.15) is 10.7 Å². The molecule has 122 valence electrons. The average molecular weight is 364 g/mol. The molecule has 1 aromatic heterocycles.